The molecular formula is C31H37N3O. The molecule has 4 heteroatoms. The summed E-state index contributed by atoms with van der Waals surface area (Å²) in [5.74, 6) is 0.771. The summed E-state index contributed by atoms with van der Waals surface area (Å²) in [6.07, 6.45) is 5.65. The molecule has 1 aromatic heterocycles. The van der Waals surface area contributed by atoms with E-state index in [-0.39, 0.29) is 0 Å². The Kier molecular flexibility index (Phi) is 7.60. The van der Waals surface area contributed by atoms with Gasteiger partial charge in [-0.15, -0.1) is 0 Å². The van der Waals surface area contributed by atoms with Crippen LogP contribution in [0.4, 0.5) is 0 Å². The van der Waals surface area contributed by atoms with Gasteiger partial charge in [0.1, 0.15) is 0 Å². The maximum atomic E-state index is 6.00. The Morgan fingerprint density at radius 1 is 0.886 bits per heavy atom. The highest BCUT2D eigenvalue weighted by atomic mass is 16.5. The van der Waals surface area contributed by atoms with Crippen molar-refractivity contribution in [3.05, 3.63) is 101 Å². The lowest BCUT2D eigenvalue weighted by Gasteiger charge is -2.32. The lowest BCUT2D eigenvalue weighted by atomic mass is 9.90. The van der Waals surface area contributed by atoms with Gasteiger partial charge in [-0.2, -0.15) is 0 Å². The largest absolute Gasteiger partial charge is 0.356 e. The van der Waals surface area contributed by atoms with Crippen LogP contribution in [0.2, 0.25) is 0 Å². The van der Waals surface area contributed by atoms with Gasteiger partial charge in [-0.3, -0.25) is 4.90 Å². The molecule has 0 unspecified atom stereocenters. The lowest BCUT2D eigenvalue weighted by Crippen LogP contribution is -2.33. The smallest absolute Gasteiger partial charge is 0.171 e. The van der Waals surface area contributed by atoms with Gasteiger partial charge < -0.3 is 9.42 Å². The summed E-state index contributed by atoms with van der Waals surface area (Å²) in [7, 11) is 4.24. The van der Waals surface area contributed by atoms with Crippen LogP contribution in [0.15, 0.2) is 77.3 Å². The Morgan fingerprint density at radius 2 is 1.57 bits per heavy atom. The highest BCUT2D eigenvalue weighted by molar-refractivity contribution is 5.83. The van der Waals surface area contributed by atoms with Gasteiger partial charge in [-0.25, -0.2) is 0 Å². The molecule has 182 valence electrons. The van der Waals surface area contributed by atoms with Crippen LogP contribution in [0.1, 0.15) is 47.2 Å². The number of aromatic nitrogens is 1. The van der Waals surface area contributed by atoms with E-state index < -0.39 is 0 Å². The van der Waals surface area contributed by atoms with E-state index in [0.29, 0.717) is 0 Å². The summed E-state index contributed by atoms with van der Waals surface area (Å²) in [5, 5.41) is 5.76. The highest BCUT2D eigenvalue weighted by Gasteiger charge is 2.21. The first-order valence-electron chi connectivity index (χ1n) is 13.0. The van der Waals surface area contributed by atoms with Gasteiger partial charge in [0.05, 0.1) is 5.69 Å². The third-order valence-corrected chi connectivity index (χ3v) is 7.37. The van der Waals surface area contributed by atoms with Crippen molar-refractivity contribution in [2.45, 2.75) is 45.2 Å². The molecule has 0 saturated carbocycles. The zero-order valence-electron chi connectivity index (χ0n) is 21.1. The molecule has 5 rings (SSSR count). The second-order valence-electron chi connectivity index (χ2n) is 10.4. The number of aryl methyl sites for hydroxylation is 1. The fourth-order valence-corrected chi connectivity index (χ4v) is 5.42. The summed E-state index contributed by atoms with van der Waals surface area (Å²) < 4.78 is 6.00. The molecule has 35 heavy (non-hydrogen) atoms. The number of likely N-dealkylation sites (tertiary alicyclic amines) is 1. The minimum atomic E-state index is 0.771. The molecule has 1 aliphatic rings. The van der Waals surface area contributed by atoms with Crippen LogP contribution in [-0.2, 0) is 25.9 Å². The van der Waals surface area contributed by atoms with Crippen molar-refractivity contribution in [1.29, 1.82) is 0 Å². The molecular weight excluding hydrogens is 430 g/mol. The zero-order valence-corrected chi connectivity index (χ0v) is 21.1. The second-order valence-corrected chi connectivity index (χ2v) is 10.4. The summed E-state index contributed by atoms with van der Waals surface area (Å²) in [6, 6.07) is 26.0. The van der Waals surface area contributed by atoms with Gasteiger partial charge in [0.2, 0.25) is 0 Å². The summed E-state index contributed by atoms with van der Waals surface area (Å²) >= 11 is 0. The monoisotopic (exact) mass is 467 g/mol. The number of hydrogen-bond donors (Lipinski definition) is 0. The van der Waals surface area contributed by atoms with Gasteiger partial charge in [-0.05, 0) is 88.0 Å². The lowest BCUT2D eigenvalue weighted by molar-refractivity contribution is 0.172. The first-order chi connectivity index (χ1) is 17.2. The van der Waals surface area contributed by atoms with Crippen LogP contribution in [0.25, 0.3) is 11.0 Å². The van der Waals surface area contributed by atoms with E-state index in [2.05, 4.69) is 102 Å². The fraction of sp³-hybridized carbons (Fsp3) is 0.387. The molecule has 0 N–H and O–H groups in total. The van der Waals surface area contributed by atoms with Gasteiger partial charge >= 0.3 is 0 Å². The summed E-state index contributed by atoms with van der Waals surface area (Å²) in [6.45, 7) is 4.30. The topological polar surface area (TPSA) is 32.5 Å². The fourth-order valence-electron chi connectivity index (χ4n) is 5.42. The Balaban J connectivity index is 1.24. The molecule has 2 heterocycles. The molecule has 3 aromatic carbocycles. The highest BCUT2D eigenvalue weighted by Crippen LogP contribution is 2.30. The number of rotatable bonds is 9. The van der Waals surface area contributed by atoms with Gasteiger partial charge in [0.25, 0.3) is 0 Å². The van der Waals surface area contributed by atoms with Crippen molar-refractivity contribution < 1.29 is 4.52 Å². The van der Waals surface area contributed by atoms with E-state index in [1.807, 2.05) is 0 Å². The molecule has 0 bridgehead atoms. The first kappa shape index (κ1) is 23.8. The summed E-state index contributed by atoms with van der Waals surface area (Å²) in [4.78, 5) is 4.81. The molecule has 0 radical (unpaired) electrons. The molecule has 1 aliphatic heterocycles. The maximum absolute atomic E-state index is 6.00. The normalized spacial score (nSPS) is 15.3. The van der Waals surface area contributed by atoms with Crippen molar-refractivity contribution in [3.63, 3.8) is 0 Å². The quantitative estimate of drug-likeness (QED) is 0.288. The van der Waals surface area contributed by atoms with E-state index in [1.54, 1.807) is 0 Å². The van der Waals surface area contributed by atoms with Crippen LogP contribution in [0.5, 0.6) is 0 Å². The van der Waals surface area contributed by atoms with Crippen LogP contribution >= 0.6 is 0 Å². The second kappa shape index (κ2) is 11.2. The molecule has 0 amide bonds. The number of fused-ring (bicyclic) bond motifs is 1. The average Bonchev–Trinajstić information content (AvgIpc) is 3.29. The standard InChI is InChI=1S/C31H37N3O/c1-33(2)23-29-27(21-25-9-5-3-6-10-25)14-15-28-30(32-35-31(28)29)16-13-24-17-19-34(20-18-24)22-26-11-7-4-8-12-26/h3-12,14-15,24H,13,16-23H2,1-2H3. The Labute approximate surface area is 209 Å². The third-order valence-electron chi connectivity index (χ3n) is 7.37. The SMILES string of the molecule is CN(C)Cc1c(Cc2ccccc2)ccc2c(CCC3CCN(Cc4ccccc4)CC3)noc12. The van der Waals surface area contributed by atoms with Crippen molar-refractivity contribution in [3.8, 4) is 0 Å². The molecule has 0 spiro atoms. The Hall–Kier alpha value is -2.95. The van der Waals surface area contributed by atoms with Crippen molar-refractivity contribution in [1.82, 2.24) is 15.0 Å². The first-order valence-corrected chi connectivity index (χ1v) is 13.0. The van der Waals surface area contributed by atoms with Crippen molar-refractivity contribution in [2.75, 3.05) is 27.2 Å². The molecule has 0 aliphatic carbocycles. The predicted molar refractivity (Wildman–Crippen MR) is 143 cm³/mol. The number of nitrogens with zero attached hydrogens (tertiary/aromatic N) is 3. The summed E-state index contributed by atoms with van der Waals surface area (Å²) in [5.41, 5.74) is 7.43. The Bertz CT molecular complexity index is 1210. The Morgan fingerprint density at radius 3 is 2.26 bits per heavy atom. The van der Waals surface area contributed by atoms with Gasteiger partial charge in [0.15, 0.2) is 5.58 Å². The molecule has 4 aromatic rings. The zero-order chi connectivity index (χ0) is 24.0. The minimum Gasteiger partial charge on any atom is -0.356 e. The van der Waals surface area contributed by atoms with Crippen LogP contribution < -0.4 is 0 Å². The number of hydrogen-bond acceptors (Lipinski definition) is 4. The molecule has 1 saturated heterocycles. The van der Waals surface area contributed by atoms with Crippen LogP contribution in [-0.4, -0.2) is 42.1 Å². The number of benzene rings is 3. The minimum absolute atomic E-state index is 0.771. The van der Waals surface area contributed by atoms with Gasteiger partial charge in [0, 0.05) is 24.0 Å². The van der Waals surface area contributed by atoms with Crippen molar-refractivity contribution in [2.24, 2.45) is 5.92 Å². The third kappa shape index (κ3) is 6.01. The van der Waals surface area contributed by atoms with Crippen LogP contribution in [0, 0.1) is 5.92 Å². The van der Waals surface area contributed by atoms with Crippen LogP contribution in [0.3, 0.4) is 0 Å². The predicted octanol–water partition coefficient (Wildman–Crippen LogP) is 6.33. The van der Waals surface area contributed by atoms with Crippen molar-refractivity contribution >= 4 is 11.0 Å². The number of piperidine rings is 1. The van der Waals surface area contributed by atoms with E-state index in [4.69, 9.17) is 4.52 Å². The van der Waals surface area contributed by atoms with Gasteiger partial charge in [-0.1, -0.05) is 71.9 Å². The van der Waals surface area contributed by atoms with E-state index in [9.17, 15) is 0 Å². The molecule has 1 fully saturated rings. The molecule has 0 atom stereocenters. The van der Waals surface area contributed by atoms with E-state index in [1.165, 1.54) is 60.0 Å². The van der Waals surface area contributed by atoms with E-state index in [0.717, 1.165) is 43.1 Å². The average molecular weight is 468 g/mol. The van der Waals surface area contributed by atoms with E-state index >= 15 is 0 Å². The maximum Gasteiger partial charge on any atom is 0.171 e. The molecule has 4 nitrogen and oxygen atoms in total.